The highest BCUT2D eigenvalue weighted by molar-refractivity contribution is 5.51. The lowest BCUT2D eigenvalue weighted by molar-refractivity contribution is -0.210. The number of hydrogen-bond donors (Lipinski definition) is 2. The number of benzene rings is 1. The van der Waals surface area contributed by atoms with E-state index in [1.54, 1.807) is 14.2 Å². The Kier molecular flexibility index (Phi) is 7.55. The van der Waals surface area contributed by atoms with Gasteiger partial charge in [0.2, 0.25) is 0 Å². The fourth-order valence-electron chi connectivity index (χ4n) is 10.7. The molecule has 7 atom stereocenters. The van der Waals surface area contributed by atoms with Crippen LogP contribution in [0.2, 0.25) is 0 Å². The van der Waals surface area contributed by atoms with Gasteiger partial charge < -0.3 is 34.1 Å². The number of fused-ring (bicyclic) bond motifs is 4. The van der Waals surface area contributed by atoms with Crippen LogP contribution < -0.4 is 4.90 Å². The van der Waals surface area contributed by atoms with Crippen LogP contribution in [0.25, 0.3) is 0 Å². The van der Waals surface area contributed by atoms with E-state index in [0.29, 0.717) is 31.5 Å². The normalized spacial score (nSPS) is 40.1. The summed E-state index contributed by atoms with van der Waals surface area (Å²) in [4.78, 5) is 2.52. The summed E-state index contributed by atoms with van der Waals surface area (Å²) in [5.74, 6) is 0.269. The third-order valence-electron chi connectivity index (χ3n) is 12.7. The molecule has 2 saturated heterocycles. The standard InChI is InChI=1S/C35H51NO6/c1-32-21-27(24-7-9-25(10-8-24)36-17-5-4-6-18-36)31-26(28(32)13-16-35(32,40-3)30(37)22-39-2)11-14-33(38)23-34(15-12-29(31)33)41-19-20-42-34/h7-10,26-28,30,37-38H,4-6,11-23H2,1-3H3/t26-,27+,28-,30-,32-,33+,35-/m0/s1. The minimum Gasteiger partial charge on any atom is -0.388 e. The van der Waals surface area contributed by atoms with E-state index in [4.69, 9.17) is 18.9 Å². The molecule has 1 spiro atoms. The maximum Gasteiger partial charge on any atom is 0.171 e. The average Bonchev–Trinajstić information content (AvgIpc) is 3.58. The fraction of sp³-hybridized carbons (Fsp3) is 0.771. The van der Waals surface area contributed by atoms with Gasteiger partial charge in [-0.25, -0.2) is 0 Å². The van der Waals surface area contributed by atoms with Gasteiger partial charge in [0.25, 0.3) is 0 Å². The summed E-state index contributed by atoms with van der Waals surface area (Å²) in [5.41, 5.74) is 3.57. The van der Waals surface area contributed by atoms with Crippen molar-refractivity contribution >= 4 is 5.69 Å². The minimum atomic E-state index is -0.888. The second-order valence-corrected chi connectivity index (χ2v) is 14.4. The molecule has 7 heteroatoms. The second kappa shape index (κ2) is 10.8. The number of aliphatic hydroxyl groups excluding tert-OH is 1. The van der Waals surface area contributed by atoms with Crippen molar-refractivity contribution in [3.05, 3.63) is 41.0 Å². The van der Waals surface area contributed by atoms with Gasteiger partial charge in [-0.1, -0.05) is 24.6 Å². The van der Waals surface area contributed by atoms with Crippen LogP contribution in [0, 0.1) is 17.3 Å². The highest BCUT2D eigenvalue weighted by Gasteiger charge is 2.67. The van der Waals surface area contributed by atoms with E-state index < -0.39 is 23.1 Å². The van der Waals surface area contributed by atoms with Gasteiger partial charge in [0.05, 0.1) is 25.4 Å². The van der Waals surface area contributed by atoms with Crippen LogP contribution in [0.4, 0.5) is 5.69 Å². The summed E-state index contributed by atoms with van der Waals surface area (Å²) in [5, 5.41) is 23.9. The Morgan fingerprint density at radius 1 is 1.00 bits per heavy atom. The SMILES string of the molecule is COC[C@H](O)[C@@]1(OC)CC[C@H]2[C@@H]3CC[C@@]4(O)CC5(CCC4=C3[C@@H](c3ccc(N4CCCCC4)cc3)C[C@@]21C)OCCO5. The largest absolute Gasteiger partial charge is 0.388 e. The summed E-state index contributed by atoms with van der Waals surface area (Å²) in [6.07, 6.45) is 9.71. The lowest BCUT2D eigenvalue weighted by Crippen LogP contribution is -2.60. The molecule has 1 aromatic carbocycles. The van der Waals surface area contributed by atoms with Crippen LogP contribution in [0.5, 0.6) is 0 Å². The van der Waals surface area contributed by atoms with Crippen LogP contribution in [0.15, 0.2) is 35.4 Å². The molecule has 7 nitrogen and oxygen atoms in total. The first kappa shape index (κ1) is 29.2. The lowest BCUT2D eigenvalue weighted by atomic mass is 9.49. The zero-order chi connectivity index (χ0) is 29.2. The Labute approximate surface area is 251 Å². The molecule has 7 rings (SSSR count). The molecule has 0 bridgehead atoms. The molecule has 232 valence electrons. The van der Waals surface area contributed by atoms with Gasteiger partial charge in [0, 0.05) is 57.2 Å². The van der Waals surface area contributed by atoms with Crippen LogP contribution in [0.3, 0.4) is 0 Å². The fourth-order valence-corrected chi connectivity index (χ4v) is 10.7. The zero-order valence-electron chi connectivity index (χ0n) is 25.9. The molecule has 1 aromatic rings. The highest BCUT2D eigenvalue weighted by Crippen LogP contribution is 2.69. The van der Waals surface area contributed by atoms with Gasteiger partial charge in [0.15, 0.2) is 5.79 Å². The van der Waals surface area contributed by atoms with Crippen molar-refractivity contribution in [1.82, 2.24) is 0 Å². The molecule has 2 aliphatic heterocycles. The van der Waals surface area contributed by atoms with Crippen LogP contribution >= 0.6 is 0 Å². The van der Waals surface area contributed by atoms with E-state index in [2.05, 4.69) is 36.1 Å². The zero-order valence-corrected chi connectivity index (χ0v) is 25.9. The predicted octanol–water partition coefficient (Wildman–Crippen LogP) is 5.34. The molecule has 0 amide bonds. The summed E-state index contributed by atoms with van der Waals surface area (Å²) in [6, 6.07) is 9.33. The molecular formula is C35H51NO6. The highest BCUT2D eigenvalue weighted by atomic mass is 16.7. The summed E-state index contributed by atoms with van der Waals surface area (Å²) < 4.78 is 24.1. The number of anilines is 1. The molecule has 4 aliphatic carbocycles. The quantitative estimate of drug-likeness (QED) is 0.439. The molecule has 2 N–H and O–H groups in total. The molecule has 0 unspecified atom stereocenters. The minimum absolute atomic E-state index is 0.162. The van der Waals surface area contributed by atoms with E-state index in [0.717, 1.165) is 58.0 Å². The topological polar surface area (TPSA) is 80.6 Å². The van der Waals surface area contributed by atoms with Crippen molar-refractivity contribution in [1.29, 1.82) is 0 Å². The van der Waals surface area contributed by atoms with Crippen LogP contribution in [-0.4, -0.2) is 80.4 Å². The Morgan fingerprint density at radius 2 is 1.74 bits per heavy atom. The van der Waals surface area contributed by atoms with Crippen molar-refractivity contribution in [2.45, 2.75) is 107 Å². The second-order valence-electron chi connectivity index (χ2n) is 14.4. The van der Waals surface area contributed by atoms with Gasteiger partial charge in [0.1, 0.15) is 11.7 Å². The third-order valence-corrected chi connectivity index (χ3v) is 12.7. The van der Waals surface area contributed by atoms with Crippen molar-refractivity contribution in [3.8, 4) is 0 Å². The summed E-state index contributed by atoms with van der Waals surface area (Å²) in [7, 11) is 3.44. The first-order chi connectivity index (χ1) is 20.3. The molecule has 2 heterocycles. The average molecular weight is 582 g/mol. The van der Waals surface area contributed by atoms with E-state index in [1.807, 2.05) is 0 Å². The molecular weight excluding hydrogens is 530 g/mol. The van der Waals surface area contributed by atoms with Crippen molar-refractivity contribution in [2.75, 3.05) is 52.0 Å². The number of ether oxygens (including phenoxy) is 4. The Morgan fingerprint density at radius 3 is 2.43 bits per heavy atom. The number of nitrogens with zero attached hydrogens (tertiary/aromatic N) is 1. The Bertz CT molecular complexity index is 1170. The van der Waals surface area contributed by atoms with Gasteiger partial charge >= 0.3 is 0 Å². The number of methoxy groups -OCH3 is 2. The van der Waals surface area contributed by atoms with E-state index in [9.17, 15) is 10.2 Å². The molecule has 0 aromatic heterocycles. The molecule has 42 heavy (non-hydrogen) atoms. The number of rotatable bonds is 6. The number of aliphatic hydroxyl groups is 2. The Balaban J connectivity index is 1.31. The van der Waals surface area contributed by atoms with Gasteiger partial charge in [-0.15, -0.1) is 0 Å². The van der Waals surface area contributed by atoms with E-state index >= 15 is 0 Å². The smallest absolute Gasteiger partial charge is 0.171 e. The van der Waals surface area contributed by atoms with E-state index in [1.165, 1.54) is 41.7 Å². The third kappa shape index (κ3) is 4.36. The van der Waals surface area contributed by atoms with Gasteiger partial charge in [-0.05, 0) is 92.9 Å². The van der Waals surface area contributed by atoms with Crippen LogP contribution in [0.1, 0.15) is 89.0 Å². The molecule has 3 saturated carbocycles. The van der Waals surface area contributed by atoms with Crippen molar-refractivity contribution in [2.24, 2.45) is 17.3 Å². The summed E-state index contributed by atoms with van der Waals surface area (Å²) >= 11 is 0. The maximum atomic E-state index is 12.3. The number of hydrogen-bond acceptors (Lipinski definition) is 7. The number of piperidine rings is 1. The monoisotopic (exact) mass is 581 g/mol. The summed E-state index contributed by atoms with van der Waals surface area (Å²) in [6.45, 7) is 6.13. The van der Waals surface area contributed by atoms with Gasteiger partial charge in [-0.3, -0.25) is 0 Å². The first-order valence-corrected chi connectivity index (χ1v) is 16.6. The first-order valence-electron chi connectivity index (χ1n) is 16.6. The van der Waals surface area contributed by atoms with Gasteiger partial charge in [-0.2, -0.15) is 0 Å². The Hall–Kier alpha value is -1.48. The predicted molar refractivity (Wildman–Crippen MR) is 162 cm³/mol. The molecule has 5 fully saturated rings. The van der Waals surface area contributed by atoms with E-state index in [-0.39, 0.29) is 17.9 Å². The molecule has 6 aliphatic rings. The van der Waals surface area contributed by atoms with Crippen molar-refractivity contribution in [3.63, 3.8) is 0 Å². The van der Waals surface area contributed by atoms with Crippen molar-refractivity contribution < 1.29 is 29.2 Å². The van der Waals surface area contributed by atoms with Crippen LogP contribution in [-0.2, 0) is 18.9 Å². The number of allylic oxidation sites excluding steroid dienone is 1. The lowest BCUT2D eigenvalue weighted by Gasteiger charge is -2.59. The maximum absolute atomic E-state index is 12.3. The molecule has 0 radical (unpaired) electrons.